The van der Waals surface area contributed by atoms with Gasteiger partial charge in [-0.2, -0.15) is 0 Å². The molecule has 0 radical (unpaired) electrons. The molecular weight excluding hydrogens is 469 g/mol. The highest BCUT2D eigenvalue weighted by molar-refractivity contribution is 14.0. The summed E-state index contributed by atoms with van der Waals surface area (Å²) in [6, 6.07) is 15.9. The summed E-state index contributed by atoms with van der Waals surface area (Å²) in [6.45, 7) is 2.72. The van der Waals surface area contributed by atoms with E-state index in [1.807, 2.05) is 48.5 Å². The minimum absolute atomic E-state index is 0. The second kappa shape index (κ2) is 14.1. The molecule has 7 heteroatoms. The molecule has 0 fully saturated rings. The number of nitrogens with one attached hydrogen (secondary N) is 2. The van der Waals surface area contributed by atoms with E-state index in [4.69, 9.17) is 14.2 Å². The Morgan fingerprint density at radius 1 is 0.964 bits per heavy atom. The van der Waals surface area contributed by atoms with Crippen LogP contribution in [0.25, 0.3) is 0 Å². The van der Waals surface area contributed by atoms with Gasteiger partial charge < -0.3 is 24.8 Å². The third kappa shape index (κ3) is 8.35. The molecule has 0 amide bonds. The van der Waals surface area contributed by atoms with Crippen molar-refractivity contribution in [3.8, 4) is 11.5 Å². The molecule has 2 aromatic rings. The molecule has 0 aliphatic heterocycles. The maximum Gasteiger partial charge on any atom is 0.191 e. The minimum Gasteiger partial charge on any atom is -0.497 e. The second-order valence-corrected chi connectivity index (χ2v) is 5.92. The zero-order valence-corrected chi connectivity index (χ0v) is 19.1. The summed E-state index contributed by atoms with van der Waals surface area (Å²) in [4.78, 5) is 4.24. The van der Waals surface area contributed by atoms with Crippen LogP contribution >= 0.6 is 24.0 Å². The van der Waals surface area contributed by atoms with Gasteiger partial charge in [-0.25, -0.2) is 0 Å². The van der Waals surface area contributed by atoms with Crippen molar-refractivity contribution >= 4 is 29.9 Å². The van der Waals surface area contributed by atoms with Gasteiger partial charge in [0, 0.05) is 32.3 Å². The van der Waals surface area contributed by atoms with E-state index in [1.165, 1.54) is 0 Å². The Bertz CT molecular complexity index is 708. The van der Waals surface area contributed by atoms with Crippen molar-refractivity contribution in [2.45, 2.75) is 19.6 Å². The Hall–Kier alpha value is -2.00. The Labute approximate surface area is 184 Å². The van der Waals surface area contributed by atoms with Gasteiger partial charge in [-0.05, 0) is 30.2 Å². The van der Waals surface area contributed by atoms with Gasteiger partial charge in [0.05, 0.1) is 20.8 Å². The molecule has 0 aliphatic rings. The summed E-state index contributed by atoms with van der Waals surface area (Å²) < 4.78 is 16.2. The maximum absolute atomic E-state index is 5.71. The van der Waals surface area contributed by atoms with E-state index in [0.717, 1.165) is 41.6 Å². The summed E-state index contributed by atoms with van der Waals surface area (Å²) in [5, 5.41) is 6.59. The van der Waals surface area contributed by atoms with E-state index in [2.05, 4.69) is 15.6 Å². The average Bonchev–Trinajstić information content (AvgIpc) is 2.73. The first-order chi connectivity index (χ1) is 13.3. The van der Waals surface area contributed by atoms with Gasteiger partial charge in [0.15, 0.2) is 5.96 Å². The van der Waals surface area contributed by atoms with Crippen LogP contribution in [0.4, 0.5) is 0 Å². The fourth-order valence-electron chi connectivity index (χ4n) is 2.54. The number of rotatable bonds is 10. The zero-order valence-electron chi connectivity index (χ0n) is 16.7. The molecule has 6 nitrogen and oxygen atoms in total. The lowest BCUT2D eigenvalue weighted by molar-refractivity contribution is 0.119. The van der Waals surface area contributed by atoms with Crippen LogP contribution in [0.2, 0.25) is 0 Å². The van der Waals surface area contributed by atoms with Crippen molar-refractivity contribution in [1.82, 2.24) is 10.6 Å². The summed E-state index contributed by atoms with van der Waals surface area (Å²) >= 11 is 0. The van der Waals surface area contributed by atoms with E-state index in [9.17, 15) is 0 Å². The smallest absolute Gasteiger partial charge is 0.191 e. The zero-order chi connectivity index (χ0) is 19.3. The first-order valence-corrected chi connectivity index (χ1v) is 9.04. The van der Waals surface area contributed by atoms with E-state index >= 15 is 0 Å². The van der Waals surface area contributed by atoms with Crippen LogP contribution in [0.5, 0.6) is 11.5 Å². The van der Waals surface area contributed by atoms with Gasteiger partial charge in [0.1, 0.15) is 11.5 Å². The third-order valence-corrected chi connectivity index (χ3v) is 4.05. The summed E-state index contributed by atoms with van der Waals surface area (Å²) in [5.74, 6) is 2.48. The molecule has 0 spiro atoms. The topological polar surface area (TPSA) is 64.1 Å². The van der Waals surface area contributed by atoms with E-state index in [0.29, 0.717) is 19.8 Å². The highest BCUT2D eigenvalue weighted by Crippen LogP contribution is 2.16. The highest BCUT2D eigenvalue weighted by Gasteiger charge is 2.03. The van der Waals surface area contributed by atoms with Gasteiger partial charge >= 0.3 is 0 Å². The van der Waals surface area contributed by atoms with Crippen molar-refractivity contribution in [3.05, 3.63) is 59.7 Å². The van der Waals surface area contributed by atoms with Crippen LogP contribution in [-0.4, -0.2) is 40.4 Å². The molecule has 0 atom stereocenters. The van der Waals surface area contributed by atoms with Crippen LogP contribution in [-0.2, 0) is 17.9 Å². The molecule has 0 aromatic heterocycles. The van der Waals surface area contributed by atoms with Crippen LogP contribution < -0.4 is 20.1 Å². The molecule has 0 unspecified atom stereocenters. The number of methoxy groups -OCH3 is 2. The Morgan fingerprint density at radius 3 is 2.39 bits per heavy atom. The van der Waals surface area contributed by atoms with E-state index in [-0.39, 0.29) is 24.0 Å². The predicted molar refractivity (Wildman–Crippen MR) is 124 cm³/mol. The molecule has 0 aliphatic carbocycles. The summed E-state index contributed by atoms with van der Waals surface area (Å²) in [5.41, 5.74) is 2.23. The van der Waals surface area contributed by atoms with Crippen LogP contribution in [0.15, 0.2) is 53.5 Å². The van der Waals surface area contributed by atoms with E-state index in [1.54, 1.807) is 21.3 Å². The number of halogens is 1. The number of hydrogen-bond acceptors (Lipinski definition) is 4. The second-order valence-electron chi connectivity index (χ2n) is 5.92. The largest absolute Gasteiger partial charge is 0.497 e. The number of nitrogens with zero attached hydrogens (tertiary/aromatic N) is 1. The SMILES string of the molecule is CN=C(NCCCOCc1ccc(OC)cc1)NCc1ccccc1OC.I. The van der Waals surface area contributed by atoms with Crippen LogP contribution in [0, 0.1) is 0 Å². The molecule has 2 N–H and O–H groups in total. The van der Waals surface area contributed by atoms with Gasteiger partial charge in [0.25, 0.3) is 0 Å². The molecule has 0 saturated heterocycles. The van der Waals surface area contributed by atoms with Crippen molar-refractivity contribution < 1.29 is 14.2 Å². The number of aliphatic imine (C=N–C) groups is 1. The monoisotopic (exact) mass is 499 g/mol. The number of benzene rings is 2. The molecular formula is C21H30IN3O3. The lowest BCUT2D eigenvalue weighted by Crippen LogP contribution is -2.37. The van der Waals surface area contributed by atoms with Crippen molar-refractivity contribution in [2.24, 2.45) is 4.99 Å². The Balaban J connectivity index is 0.00000392. The van der Waals surface area contributed by atoms with Crippen molar-refractivity contribution in [2.75, 3.05) is 34.4 Å². The number of guanidine groups is 1. The summed E-state index contributed by atoms with van der Waals surface area (Å²) in [7, 11) is 5.10. The molecule has 0 heterocycles. The first-order valence-electron chi connectivity index (χ1n) is 9.04. The van der Waals surface area contributed by atoms with Gasteiger partial charge in [-0.15, -0.1) is 24.0 Å². The summed E-state index contributed by atoms with van der Waals surface area (Å²) in [6.07, 6.45) is 0.894. The lowest BCUT2D eigenvalue weighted by atomic mass is 10.2. The lowest BCUT2D eigenvalue weighted by Gasteiger charge is -2.13. The van der Waals surface area contributed by atoms with Gasteiger partial charge in [-0.3, -0.25) is 4.99 Å². The van der Waals surface area contributed by atoms with Crippen LogP contribution in [0.1, 0.15) is 17.5 Å². The molecule has 2 rings (SSSR count). The number of ether oxygens (including phenoxy) is 3. The first kappa shape index (κ1) is 24.0. The minimum atomic E-state index is 0. The van der Waals surface area contributed by atoms with Crippen molar-refractivity contribution in [3.63, 3.8) is 0 Å². The van der Waals surface area contributed by atoms with Gasteiger partial charge in [-0.1, -0.05) is 30.3 Å². The van der Waals surface area contributed by atoms with E-state index < -0.39 is 0 Å². The molecule has 28 heavy (non-hydrogen) atoms. The molecule has 2 aromatic carbocycles. The molecule has 0 bridgehead atoms. The predicted octanol–water partition coefficient (Wildman–Crippen LogP) is 3.59. The quantitative estimate of drug-likeness (QED) is 0.227. The molecule has 0 saturated carbocycles. The number of hydrogen-bond donors (Lipinski definition) is 2. The Kier molecular flexibility index (Phi) is 12.1. The average molecular weight is 499 g/mol. The maximum atomic E-state index is 5.71. The highest BCUT2D eigenvalue weighted by atomic mass is 127. The fraction of sp³-hybridized carbons (Fsp3) is 0.381. The molecule has 154 valence electrons. The van der Waals surface area contributed by atoms with Crippen LogP contribution in [0.3, 0.4) is 0 Å². The fourth-order valence-corrected chi connectivity index (χ4v) is 2.54. The standard InChI is InChI=1S/C21H29N3O3.HI/c1-22-21(24-15-18-7-4-5-8-20(18)26-3)23-13-6-14-27-16-17-9-11-19(25-2)12-10-17;/h4-5,7-12H,6,13-16H2,1-3H3,(H2,22,23,24);1H. The normalized spacial score (nSPS) is 10.8. The van der Waals surface area contributed by atoms with Crippen molar-refractivity contribution in [1.29, 1.82) is 0 Å². The third-order valence-electron chi connectivity index (χ3n) is 4.05. The number of para-hydroxylation sites is 1. The Morgan fingerprint density at radius 2 is 1.71 bits per heavy atom. The van der Waals surface area contributed by atoms with Gasteiger partial charge in [0.2, 0.25) is 0 Å².